The van der Waals surface area contributed by atoms with Gasteiger partial charge in [0.25, 0.3) is 0 Å². The van der Waals surface area contributed by atoms with Crippen LogP contribution in [0.4, 0.5) is 0 Å². The number of carbonyl (C=O) groups is 2. The Labute approximate surface area is 335 Å². The van der Waals surface area contributed by atoms with Crippen LogP contribution >= 0.6 is 7.82 Å². The molecule has 0 aromatic carbocycles. The van der Waals surface area contributed by atoms with Gasteiger partial charge in [0.15, 0.2) is 0 Å². The number of carboxylic acids is 1. The quantitative estimate of drug-likeness (QED) is 0.0236. The van der Waals surface area contributed by atoms with Gasteiger partial charge < -0.3 is 25.2 Å². The molecule has 55 heavy (non-hydrogen) atoms. The van der Waals surface area contributed by atoms with Crippen LogP contribution in [-0.4, -0.2) is 60.5 Å². The second-order valence-electron chi connectivity index (χ2n) is 14.4. The average molecular weight is 798 g/mol. The number of hydrogen-bond acceptors (Lipinski definition) is 8. The molecule has 0 aliphatic carbocycles. The highest BCUT2D eigenvalue weighted by Crippen LogP contribution is 2.43. The van der Waals surface area contributed by atoms with Gasteiger partial charge in [-0.2, -0.15) is 0 Å². The zero-order valence-corrected chi connectivity index (χ0v) is 35.7. The van der Waals surface area contributed by atoms with E-state index in [0.717, 1.165) is 57.8 Å². The predicted molar refractivity (Wildman–Crippen MR) is 226 cm³/mol. The molecule has 0 saturated carbocycles. The first kappa shape index (κ1) is 52.9. The fourth-order valence-corrected chi connectivity index (χ4v) is 6.51. The second-order valence-corrected chi connectivity index (χ2v) is 15.9. The number of esters is 1. The molecule has 0 aromatic heterocycles. The average Bonchev–Trinajstić information content (AvgIpc) is 3.16. The zero-order valence-electron chi connectivity index (χ0n) is 34.8. The van der Waals surface area contributed by atoms with Crippen molar-refractivity contribution in [2.45, 2.75) is 193 Å². The van der Waals surface area contributed by atoms with E-state index in [-0.39, 0.29) is 13.0 Å². The maximum absolute atomic E-state index is 12.6. The molecule has 0 aromatic rings. The number of phosphoric ester groups is 1. The minimum atomic E-state index is -4.62. The summed E-state index contributed by atoms with van der Waals surface area (Å²) in [6, 6.07) is -1.48. The molecule has 11 heteroatoms. The van der Waals surface area contributed by atoms with Crippen molar-refractivity contribution in [1.29, 1.82) is 0 Å². The molecule has 0 fully saturated rings. The van der Waals surface area contributed by atoms with Crippen LogP contribution in [0, 0.1) is 0 Å². The van der Waals surface area contributed by atoms with E-state index in [2.05, 4.69) is 62.5 Å². The number of allylic oxidation sites excluding steroid dienone is 8. The fraction of sp³-hybridized carbons (Fsp3) is 0.773. The molecule has 3 atom stereocenters. The lowest BCUT2D eigenvalue weighted by Gasteiger charge is -2.20. The van der Waals surface area contributed by atoms with Gasteiger partial charge in [0, 0.05) is 13.0 Å². The lowest BCUT2D eigenvalue weighted by atomic mass is 10.1. The third kappa shape index (κ3) is 39.9. The monoisotopic (exact) mass is 798 g/mol. The Hall–Kier alpha value is -2.07. The first-order valence-corrected chi connectivity index (χ1v) is 23.2. The Kier molecular flexibility index (Phi) is 38.6. The number of ether oxygens (including phenoxy) is 2. The molecule has 10 nitrogen and oxygen atoms in total. The molecule has 0 bridgehead atoms. The maximum atomic E-state index is 12.6. The standard InChI is InChI=1S/C44H80NO9P/c1-3-5-7-9-11-13-15-17-18-19-20-21-22-23-25-27-29-31-33-35-37-51-38-41(39-52-55(49,50)53-40-42(45)44(47)48)54-43(46)36-34-32-30-28-26-24-16-14-12-10-8-6-4-2/h6,8,12,14,17-18,24,26,41-42H,3-5,7,9-11,13,15-16,19-23,25,27-40,45H2,1-2H3,(H,47,48)(H,49,50)/b8-6-,14-12-,18-17-,26-24-. The van der Waals surface area contributed by atoms with Crippen molar-refractivity contribution >= 4 is 19.8 Å². The third-order valence-electron chi connectivity index (χ3n) is 9.09. The van der Waals surface area contributed by atoms with Gasteiger partial charge in [-0.1, -0.05) is 152 Å². The van der Waals surface area contributed by atoms with Crippen molar-refractivity contribution in [3.63, 3.8) is 0 Å². The molecule has 0 saturated heterocycles. The van der Waals surface area contributed by atoms with E-state index in [1.54, 1.807) is 0 Å². The first-order valence-electron chi connectivity index (χ1n) is 21.7. The minimum absolute atomic E-state index is 0.00340. The predicted octanol–water partition coefficient (Wildman–Crippen LogP) is 11.9. The molecular weight excluding hydrogens is 717 g/mol. The third-order valence-corrected chi connectivity index (χ3v) is 10.0. The molecule has 3 unspecified atom stereocenters. The van der Waals surface area contributed by atoms with Crippen LogP contribution in [0.15, 0.2) is 48.6 Å². The highest BCUT2D eigenvalue weighted by Gasteiger charge is 2.27. The minimum Gasteiger partial charge on any atom is -0.480 e. The van der Waals surface area contributed by atoms with Crippen LogP contribution in [0.5, 0.6) is 0 Å². The molecule has 4 N–H and O–H groups in total. The number of rotatable bonds is 41. The normalized spacial score (nSPS) is 14.4. The summed E-state index contributed by atoms with van der Waals surface area (Å²) in [5, 5.41) is 8.89. The van der Waals surface area contributed by atoms with Gasteiger partial charge in [0.05, 0.1) is 19.8 Å². The Bertz CT molecular complexity index is 1060. The van der Waals surface area contributed by atoms with Crippen molar-refractivity contribution in [3.05, 3.63) is 48.6 Å². The van der Waals surface area contributed by atoms with E-state index in [4.69, 9.17) is 29.4 Å². The zero-order chi connectivity index (χ0) is 40.5. The summed E-state index contributed by atoms with van der Waals surface area (Å²) < 4.78 is 33.3. The number of nitrogens with two attached hydrogens (primary N) is 1. The van der Waals surface area contributed by atoms with Gasteiger partial charge in [-0.3, -0.25) is 18.6 Å². The summed E-state index contributed by atoms with van der Waals surface area (Å²) in [5.74, 6) is -1.81. The van der Waals surface area contributed by atoms with Gasteiger partial charge in [0.2, 0.25) is 0 Å². The van der Waals surface area contributed by atoms with Gasteiger partial charge in [-0.25, -0.2) is 4.57 Å². The van der Waals surface area contributed by atoms with Gasteiger partial charge in [-0.15, -0.1) is 0 Å². The smallest absolute Gasteiger partial charge is 0.472 e. The SMILES string of the molecule is CC/C=C\C/C=C\C/C=C\CCCCCC(=O)OC(COCCCCCCCCCCCC/C=C\CCCCCCCC)COP(=O)(O)OCC(N)C(=O)O. The van der Waals surface area contributed by atoms with E-state index < -0.39 is 45.1 Å². The van der Waals surface area contributed by atoms with E-state index >= 15 is 0 Å². The van der Waals surface area contributed by atoms with Crippen LogP contribution in [-0.2, 0) is 32.7 Å². The molecule has 0 aliphatic heterocycles. The van der Waals surface area contributed by atoms with E-state index in [0.29, 0.717) is 13.0 Å². The summed E-state index contributed by atoms with van der Waals surface area (Å²) in [4.78, 5) is 33.5. The van der Waals surface area contributed by atoms with Crippen molar-refractivity contribution in [3.8, 4) is 0 Å². The number of carbonyl (C=O) groups excluding carboxylic acids is 1. The molecule has 320 valence electrons. The highest BCUT2D eigenvalue weighted by molar-refractivity contribution is 7.47. The van der Waals surface area contributed by atoms with Crippen LogP contribution in [0.3, 0.4) is 0 Å². The summed E-state index contributed by atoms with van der Waals surface area (Å²) >= 11 is 0. The molecule has 0 amide bonds. The van der Waals surface area contributed by atoms with Crippen molar-refractivity contribution in [1.82, 2.24) is 0 Å². The van der Waals surface area contributed by atoms with Crippen LogP contribution in [0.25, 0.3) is 0 Å². The van der Waals surface area contributed by atoms with Crippen LogP contribution in [0.1, 0.15) is 181 Å². The Morgan fingerprint density at radius 2 is 1.05 bits per heavy atom. The maximum Gasteiger partial charge on any atom is 0.472 e. The van der Waals surface area contributed by atoms with Crippen LogP contribution < -0.4 is 5.73 Å². The summed E-state index contributed by atoms with van der Waals surface area (Å²) in [6.07, 6.45) is 46.0. The molecular formula is C44H80NO9P. The Morgan fingerprint density at radius 1 is 0.600 bits per heavy atom. The Morgan fingerprint density at radius 3 is 1.60 bits per heavy atom. The van der Waals surface area contributed by atoms with Crippen molar-refractivity contribution in [2.75, 3.05) is 26.4 Å². The Balaban J connectivity index is 4.22. The number of unbranched alkanes of at least 4 members (excludes halogenated alkanes) is 19. The van der Waals surface area contributed by atoms with E-state index in [9.17, 15) is 19.0 Å². The second kappa shape index (κ2) is 40.1. The summed E-state index contributed by atoms with van der Waals surface area (Å²) in [7, 11) is -4.62. The first-order chi connectivity index (χ1) is 26.7. The van der Waals surface area contributed by atoms with Gasteiger partial charge in [-0.05, 0) is 70.6 Å². The molecule has 0 spiro atoms. The molecule has 0 rings (SSSR count). The topological polar surface area (TPSA) is 155 Å². The van der Waals surface area contributed by atoms with Gasteiger partial charge >= 0.3 is 19.8 Å². The van der Waals surface area contributed by atoms with Crippen molar-refractivity contribution < 1.29 is 42.7 Å². The number of phosphoric acid groups is 1. The number of hydrogen-bond donors (Lipinski definition) is 3. The summed E-state index contributed by atoms with van der Waals surface area (Å²) in [5.41, 5.74) is 5.35. The van der Waals surface area contributed by atoms with Gasteiger partial charge in [0.1, 0.15) is 12.1 Å². The number of aliphatic carboxylic acids is 1. The molecule has 0 heterocycles. The largest absolute Gasteiger partial charge is 0.480 e. The van der Waals surface area contributed by atoms with Crippen LogP contribution in [0.2, 0.25) is 0 Å². The highest BCUT2D eigenvalue weighted by atomic mass is 31.2. The summed E-state index contributed by atoms with van der Waals surface area (Å²) in [6.45, 7) is 3.72. The number of carboxylic acid groups (broad SMARTS) is 1. The van der Waals surface area contributed by atoms with E-state index in [1.807, 2.05) is 0 Å². The van der Waals surface area contributed by atoms with E-state index in [1.165, 1.54) is 96.3 Å². The lowest BCUT2D eigenvalue weighted by molar-refractivity contribution is -0.154. The van der Waals surface area contributed by atoms with Crippen molar-refractivity contribution in [2.24, 2.45) is 5.73 Å². The molecule has 0 aliphatic rings. The lowest BCUT2D eigenvalue weighted by Crippen LogP contribution is -2.34. The fourth-order valence-electron chi connectivity index (χ4n) is 5.73. The molecule has 0 radical (unpaired) electrons.